The molecular formula is C25H29BS. The number of aryl methyl sites for hydroxylation is 6. The lowest BCUT2D eigenvalue weighted by molar-refractivity contribution is 1.34. The maximum atomic E-state index is 2.32. The summed E-state index contributed by atoms with van der Waals surface area (Å²) in [6, 6.07) is 18.4. The van der Waals surface area contributed by atoms with E-state index in [4.69, 9.17) is 0 Å². The van der Waals surface area contributed by atoms with Crippen LogP contribution >= 0.6 is 11.8 Å². The predicted octanol–water partition coefficient (Wildman–Crippen LogP) is 4.78. The summed E-state index contributed by atoms with van der Waals surface area (Å²) in [6.45, 7) is 13.7. The lowest BCUT2D eigenvalue weighted by Crippen LogP contribution is -2.55. The Hall–Kier alpha value is -1.93. The van der Waals surface area contributed by atoms with Crippen molar-refractivity contribution in [3.63, 3.8) is 0 Å². The zero-order valence-corrected chi connectivity index (χ0v) is 18.4. The minimum Gasteiger partial charge on any atom is -0.130 e. The van der Waals surface area contributed by atoms with Crippen molar-refractivity contribution in [1.82, 2.24) is 0 Å². The molecular weight excluding hydrogens is 343 g/mol. The molecule has 0 aliphatic rings. The summed E-state index contributed by atoms with van der Waals surface area (Å²) >= 11 is 1.80. The first kappa shape index (κ1) is 19.8. The van der Waals surface area contributed by atoms with Crippen LogP contribution in [0.1, 0.15) is 33.4 Å². The Labute approximate surface area is 169 Å². The largest absolute Gasteiger partial charge is 0.242 e. The molecule has 0 aromatic heterocycles. The van der Waals surface area contributed by atoms with Crippen LogP contribution in [-0.4, -0.2) is 13.0 Å². The van der Waals surface area contributed by atoms with Crippen molar-refractivity contribution in [2.24, 2.45) is 0 Å². The minimum absolute atomic E-state index is 0.266. The molecule has 3 aromatic rings. The summed E-state index contributed by atoms with van der Waals surface area (Å²) in [5, 5.41) is 0. The molecule has 2 heteroatoms. The Morgan fingerprint density at radius 1 is 0.593 bits per heavy atom. The molecule has 3 aromatic carbocycles. The van der Waals surface area contributed by atoms with Crippen LogP contribution in [0.5, 0.6) is 0 Å². The Morgan fingerprint density at radius 2 is 0.963 bits per heavy atom. The van der Waals surface area contributed by atoms with Crippen molar-refractivity contribution in [3.05, 3.63) is 81.9 Å². The van der Waals surface area contributed by atoms with Gasteiger partial charge in [-0.15, -0.1) is 11.8 Å². The van der Waals surface area contributed by atoms with Gasteiger partial charge in [0.25, 0.3) is 0 Å². The summed E-state index contributed by atoms with van der Waals surface area (Å²) in [6.07, 6.45) is 2.13. The highest BCUT2D eigenvalue weighted by atomic mass is 32.2. The number of hydrogen-bond acceptors (Lipinski definition) is 1. The average molecular weight is 372 g/mol. The Kier molecular flexibility index (Phi) is 5.86. The van der Waals surface area contributed by atoms with E-state index >= 15 is 0 Å². The Morgan fingerprint density at radius 3 is 1.30 bits per heavy atom. The fourth-order valence-corrected chi connectivity index (χ4v) is 4.98. The van der Waals surface area contributed by atoms with Gasteiger partial charge in [-0.2, -0.15) is 0 Å². The molecule has 0 radical (unpaired) electrons. The first-order valence-corrected chi connectivity index (χ1v) is 10.8. The fraction of sp³-hybridized carbons (Fsp3) is 0.280. The molecule has 3 rings (SSSR count). The second-order valence-electron chi connectivity index (χ2n) is 7.83. The minimum atomic E-state index is 0.266. The zero-order valence-electron chi connectivity index (χ0n) is 17.6. The van der Waals surface area contributed by atoms with E-state index in [1.54, 1.807) is 11.8 Å². The molecule has 0 unspecified atom stereocenters. The summed E-state index contributed by atoms with van der Waals surface area (Å²) in [5.74, 6) is 0. The summed E-state index contributed by atoms with van der Waals surface area (Å²) in [4.78, 5) is 1.31. The quantitative estimate of drug-likeness (QED) is 0.469. The van der Waals surface area contributed by atoms with Crippen LogP contribution in [0.3, 0.4) is 0 Å². The summed E-state index contributed by atoms with van der Waals surface area (Å²) < 4.78 is 0. The average Bonchev–Trinajstić information content (AvgIpc) is 2.59. The molecule has 0 bridgehead atoms. The highest BCUT2D eigenvalue weighted by Gasteiger charge is 2.28. The molecule has 0 fully saturated rings. The zero-order chi connectivity index (χ0) is 19.7. The van der Waals surface area contributed by atoms with Gasteiger partial charge in [0.2, 0.25) is 6.71 Å². The van der Waals surface area contributed by atoms with E-state index in [1.165, 1.54) is 54.7 Å². The molecule has 0 spiro atoms. The lowest BCUT2D eigenvalue weighted by Gasteiger charge is -2.24. The molecule has 0 saturated heterocycles. The fourth-order valence-electron chi connectivity index (χ4n) is 4.57. The van der Waals surface area contributed by atoms with Gasteiger partial charge >= 0.3 is 0 Å². The number of thioether (sulfide) groups is 1. The number of hydrogen-bond donors (Lipinski definition) is 0. The normalized spacial score (nSPS) is 10.9. The molecule has 0 heterocycles. The molecule has 27 heavy (non-hydrogen) atoms. The van der Waals surface area contributed by atoms with Gasteiger partial charge in [-0.1, -0.05) is 86.2 Å². The first-order chi connectivity index (χ1) is 12.8. The summed E-state index contributed by atoms with van der Waals surface area (Å²) in [5.41, 5.74) is 12.5. The van der Waals surface area contributed by atoms with Crippen LogP contribution in [0.15, 0.2) is 53.4 Å². The van der Waals surface area contributed by atoms with E-state index in [9.17, 15) is 0 Å². The Bertz CT molecular complexity index is 867. The lowest BCUT2D eigenvalue weighted by atomic mass is 9.34. The van der Waals surface area contributed by atoms with Crippen LogP contribution in [0, 0.1) is 41.5 Å². The third-order valence-corrected chi connectivity index (χ3v) is 6.25. The van der Waals surface area contributed by atoms with Crippen LogP contribution in [0.4, 0.5) is 0 Å². The van der Waals surface area contributed by atoms with Crippen LogP contribution in [0.2, 0.25) is 0 Å². The second kappa shape index (κ2) is 7.98. The van der Waals surface area contributed by atoms with E-state index in [0.29, 0.717) is 0 Å². The van der Waals surface area contributed by atoms with Crippen molar-refractivity contribution in [2.75, 3.05) is 6.26 Å². The monoisotopic (exact) mass is 372 g/mol. The molecule has 0 aliphatic carbocycles. The van der Waals surface area contributed by atoms with Crippen molar-refractivity contribution in [3.8, 4) is 0 Å². The van der Waals surface area contributed by atoms with Gasteiger partial charge < -0.3 is 0 Å². The molecule has 0 atom stereocenters. The van der Waals surface area contributed by atoms with E-state index < -0.39 is 0 Å². The maximum absolute atomic E-state index is 2.32. The molecule has 0 nitrogen and oxygen atoms in total. The second-order valence-corrected chi connectivity index (χ2v) is 8.71. The predicted molar refractivity (Wildman–Crippen MR) is 124 cm³/mol. The van der Waals surface area contributed by atoms with Crippen molar-refractivity contribution < 1.29 is 0 Å². The standard InChI is InChI=1S/C25H29BS/c1-16-12-18(3)24(19(4)13-16)26(22-8-10-23(27-7)11-9-22)25-20(5)14-17(2)15-21(25)6/h8-15H,1-7H3. The van der Waals surface area contributed by atoms with E-state index in [1.807, 2.05) is 0 Å². The van der Waals surface area contributed by atoms with Crippen LogP contribution < -0.4 is 16.4 Å². The molecule has 0 aliphatic heterocycles. The first-order valence-electron chi connectivity index (χ1n) is 9.61. The SMILES string of the molecule is CSc1ccc(B(c2c(C)cc(C)cc2C)c2c(C)cc(C)cc2C)cc1. The smallest absolute Gasteiger partial charge is 0.130 e. The van der Waals surface area contributed by atoms with Crippen molar-refractivity contribution >= 4 is 34.9 Å². The van der Waals surface area contributed by atoms with Gasteiger partial charge in [-0.05, 0) is 59.9 Å². The van der Waals surface area contributed by atoms with Gasteiger partial charge in [0, 0.05) is 4.90 Å². The highest BCUT2D eigenvalue weighted by Crippen LogP contribution is 2.15. The number of benzene rings is 3. The molecule has 0 saturated carbocycles. The van der Waals surface area contributed by atoms with Gasteiger partial charge in [-0.3, -0.25) is 0 Å². The number of rotatable bonds is 4. The van der Waals surface area contributed by atoms with Crippen molar-refractivity contribution in [2.45, 2.75) is 46.4 Å². The van der Waals surface area contributed by atoms with Gasteiger partial charge in [0.05, 0.1) is 0 Å². The van der Waals surface area contributed by atoms with Crippen LogP contribution in [0.25, 0.3) is 0 Å². The summed E-state index contributed by atoms with van der Waals surface area (Å²) in [7, 11) is 0. The van der Waals surface area contributed by atoms with E-state index in [2.05, 4.69) is 96.3 Å². The van der Waals surface area contributed by atoms with E-state index in [-0.39, 0.29) is 6.71 Å². The third kappa shape index (κ3) is 4.01. The molecule has 138 valence electrons. The van der Waals surface area contributed by atoms with Crippen molar-refractivity contribution in [1.29, 1.82) is 0 Å². The topological polar surface area (TPSA) is 0 Å². The van der Waals surface area contributed by atoms with E-state index in [0.717, 1.165) is 0 Å². The maximum Gasteiger partial charge on any atom is 0.242 e. The van der Waals surface area contributed by atoms with Crippen LogP contribution in [-0.2, 0) is 0 Å². The molecule has 0 N–H and O–H groups in total. The third-order valence-electron chi connectivity index (χ3n) is 5.50. The van der Waals surface area contributed by atoms with Gasteiger partial charge in [0.1, 0.15) is 0 Å². The highest BCUT2D eigenvalue weighted by molar-refractivity contribution is 7.98. The van der Waals surface area contributed by atoms with Gasteiger partial charge in [0.15, 0.2) is 0 Å². The van der Waals surface area contributed by atoms with Gasteiger partial charge in [-0.25, -0.2) is 0 Å². The Balaban J connectivity index is 2.31. The molecule has 0 amide bonds.